The molecule has 0 heterocycles. The molecule has 2 aromatic carbocycles. The highest BCUT2D eigenvalue weighted by Gasteiger charge is 2.29. The third-order valence-electron chi connectivity index (χ3n) is 3.73. The summed E-state index contributed by atoms with van der Waals surface area (Å²) < 4.78 is 13.7. The molecule has 4 heteroatoms. The first kappa shape index (κ1) is 15.3. The minimum atomic E-state index is -0.890. The second-order valence-corrected chi connectivity index (χ2v) is 6.01. The third-order valence-corrected chi connectivity index (χ3v) is 4.34. The van der Waals surface area contributed by atoms with Crippen molar-refractivity contribution in [3.05, 3.63) is 68.4 Å². The second-order valence-electron chi connectivity index (χ2n) is 5.20. The van der Waals surface area contributed by atoms with Crippen molar-refractivity contribution in [2.24, 2.45) is 5.73 Å². The van der Waals surface area contributed by atoms with Crippen LogP contribution in [0.2, 0.25) is 10.0 Å². The molecular weight excluding hydrogens is 296 g/mol. The van der Waals surface area contributed by atoms with Gasteiger partial charge in [-0.15, -0.1) is 0 Å². The largest absolute Gasteiger partial charge is 0.318 e. The average molecular weight is 312 g/mol. The molecule has 0 radical (unpaired) electrons. The number of halogens is 3. The average Bonchev–Trinajstić information content (AvgIpc) is 2.36. The van der Waals surface area contributed by atoms with Crippen molar-refractivity contribution >= 4 is 23.2 Å². The summed E-state index contributed by atoms with van der Waals surface area (Å²) in [5.74, 6) is -0.520. The number of rotatable bonds is 2. The summed E-state index contributed by atoms with van der Waals surface area (Å²) in [4.78, 5) is 0. The standard InChI is InChI=1S/C16H16Cl2FN/c1-9-5-4-6-11(10(9)2)16(3,20)12-7-15(19)14(18)8-13(12)17/h4-8H,20H2,1-3H3. The van der Waals surface area contributed by atoms with E-state index in [0.29, 0.717) is 10.6 Å². The second kappa shape index (κ2) is 5.36. The van der Waals surface area contributed by atoms with Crippen molar-refractivity contribution < 1.29 is 4.39 Å². The van der Waals surface area contributed by atoms with E-state index in [4.69, 9.17) is 28.9 Å². The Kier molecular flexibility index (Phi) is 4.10. The fourth-order valence-corrected chi connectivity index (χ4v) is 2.96. The lowest BCUT2D eigenvalue weighted by atomic mass is 9.82. The van der Waals surface area contributed by atoms with Gasteiger partial charge in [0, 0.05) is 5.02 Å². The third kappa shape index (κ3) is 2.56. The van der Waals surface area contributed by atoms with E-state index < -0.39 is 11.4 Å². The Balaban J connectivity index is 2.66. The maximum Gasteiger partial charge on any atom is 0.142 e. The molecule has 0 aliphatic rings. The van der Waals surface area contributed by atoms with E-state index in [0.717, 1.165) is 16.7 Å². The lowest BCUT2D eigenvalue weighted by Crippen LogP contribution is -2.35. The van der Waals surface area contributed by atoms with Crippen LogP contribution in [0.5, 0.6) is 0 Å². The zero-order chi connectivity index (χ0) is 15.1. The highest BCUT2D eigenvalue weighted by atomic mass is 35.5. The van der Waals surface area contributed by atoms with Crippen LogP contribution in [-0.2, 0) is 5.54 Å². The van der Waals surface area contributed by atoms with Gasteiger partial charge in [0.15, 0.2) is 0 Å². The smallest absolute Gasteiger partial charge is 0.142 e. The van der Waals surface area contributed by atoms with E-state index >= 15 is 0 Å². The molecule has 2 rings (SSSR count). The summed E-state index contributed by atoms with van der Waals surface area (Å²) >= 11 is 11.9. The minimum absolute atomic E-state index is 0.00415. The first-order valence-corrected chi connectivity index (χ1v) is 7.01. The lowest BCUT2D eigenvalue weighted by Gasteiger charge is -2.29. The van der Waals surface area contributed by atoms with Crippen molar-refractivity contribution in [2.75, 3.05) is 0 Å². The van der Waals surface area contributed by atoms with Crippen LogP contribution in [-0.4, -0.2) is 0 Å². The molecule has 0 amide bonds. The summed E-state index contributed by atoms with van der Waals surface area (Å²) in [6, 6.07) is 8.59. The highest BCUT2D eigenvalue weighted by molar-refractivity contribution is 6.35. The molecule has 1 unspecified atom stereocenters. The van der Waals surface area contributed by atoms with E-state index in [1.807, 2.05) is 39.0 Å². The molecular formula is C16H16Cl2FN. The highest BCUT2D eigenvalue weighted by Crippen LogP contribution is 2.36. The Morgan fingerprint density at radius 3 is 2.35 bits per heavy atom. The van der Waals surface area contributed by atoms with Gasteiger partial charge in [-0.3, -0.25) is 0 Å². The fraction of sp³-hybridized carbons (Fsp3) is 0.250. The molecule has 0 aliphatic heterocycles. The maximum atomic E-state index is 13.7. The summed E-state index contributed by atoms with van der Waals surface area (Å²) in [6.45, 7) is 5.83. The van der Waals surface area contributed by atoms with E-state index in [9.17, 15) is 4.39 Å². The van der Waals surface area contributed by atoms with E-state index in [2.05, 4.69) is 0 Å². The van der Waals surface area contributed by atoms with Gasteiger partial charge in [-0.25, -0.2) is 4.39 Å². The van der Waals surface area contributed by atoms with Gasteiger partial charge in [0.25, 0.3) is 0 Å². The molecule has 20 heavy (non-hydrogen) atoms. The van der Waals surface area contributed by atoms with E-state index in [1.54, 1.807) is 0 Å². The zero-order valence-electron chi connectivity index (χ0n) is 11.6. The molecule has 0 fully saturated rings. The number of hydrogen-bond acceptors (Lipinski definition) is 1. The minimum Gasteiger partial charge on any atom is -0.318 e. The Hall–Kier alpha value is -1.09. The summed E-state index contributed by atoms with van der Waals surface area (Å²) in [5, 5.41) is 0.359. The van der Waals surface area contributed by atoms with Gasteiger partial charge in [-0.2, -0.15) is 0 Å². The van der Waals surface area contributed by atoms with Gasteiger partial charge in [-0.1, -0.05) is 41.4 Å². The van der Waals surface area contributed by atoms with Gasteiger partial charge in [0.1, 0.15) is 5.82 Å². The van der Waals surface area contributed by atoms with Crippen molar-refractivity contribution in [3.8, 4) is 0 Å². The van der Waals surface area contributed by atoms with Crippen LogP contribution in [0, 0.1) is 19.7 Å². The molecule has 0 aliphatic carbocycles. The Morgan fingerprint density at radius 1 is 1.05 bits per heavy atom. The normalized spacial score (nSPS) is 14.2. The molecule has 106 valence electrons. The number of benzene rings is 2. The quantitative estimate of drug-likeness (QED) is 0.778. The van der Waals surface area contributed by atoms with Gasteiger partial charge in [0.2, 0.25) is 0 Å². The van der Waals surface area contributed by atoms with Crippen LogP contribution in [0.4, 0.5) is 4.39 Å². The van der Waals surface area contributed by atoms with Crippen molar-refractivity contribution in [1.29, 1.82) is 0 Å². The molecule has 1 nitrogen and oxygen atoms in total. The van der Waals surface area contributed by atoms with E-state index in [-0.39, 0.29) is 5.02 Å². The fourth-order valence-electron chi connectivity index (χ4n) is 2.38. The van der Waals surface area contributed by atoms with Crippen LogP contribution >= 0.6 is 23.2 Å². The molecule has 0 saturated heterocycles. The van der Waals surface area contributed by atoms with Crippen molar-refractivity contribution in [1.82, 2.24) is 0 Å². The molecule has 0 aromatic heterocycles. The molecule has 0 saturated carbocycles. The van der Waals surface area contributed by atoms with Crippen molar-refractivity contribution in [2.45, 2.75) is 26.3 Å². The van der Waals surface area contributed by atoms with Crippen molar-refractivity contribution in [3.63, 3.8) is 0 Å². The van der Waals surface area contributed by atoms with Crippen LogP contribution in [0.3, 0.4) is 0 Å². The summed E-state index contributed by atoms with van der Waals surface area (Å²) in [6.07, 6.45) is 0. The maximum absolute atomic E-state index is 13.7. The topological polar surface area (TPSA) is 26.0 Å². The molecule has 0 bridgehead atoms. The number of nitrogens with two attached hydrogens (primary N) is 1. The number of hydrogen-bond donors (Lipinski definition) is 1. The van der Waals surface area contributed by atoms with Gasteiger partial charge in [-0.05, 0) is 55.2 Å². The molecule has 2 aromatic rings. The van der Waals surface area contributed by atoms with Crippen LogP contribution in [0.25, 0.3) is 0 Å². The van der Waals surface area contributed by atoms with Crippen LogP contribution in [0.1, 0.15) is 29.2 Å². The van der Waals surface area contributed by atoms with Crippen LogP contribution in [0.15, 0.2) is 30.3 Å². The van der Waals surface area contributed by atoms with Gasteiger partial charge < -0.3 is 5.73 Å². The summed E-state index contributed by atoms with van der Waals surface area (Å²) in [5.41, 5.74) is 9.21. The first-order valence-electron chi connectivity index (χ1n) is 6.25. The SMILES string of the molecule is Cc1cccc(C(C)(N)c2cc(F)c(Cl)cc2Cl)c1C. The first-order chi connectivity index (χ1) is 9.25. The van der Waals surface area contributed by atoms with Gasteiger partial charge in [0.05, 0.1) is 10.6 Å². The summed E-state index contributed by atoms with van der Waals surface area (Å²) in [7, 11) is 0. The molecule has 0 spiro atoms. The van der Waals surface area contributed by atoms with E-state index in [1.165, 1.54) is 12.1 Å². The monoisotopic (exact) mass is 311 g/mol. The Labute approximate surface area is 128 Å². The van der Waals surface area contributed by atoms with Gasteiger partial charge >= 0.3 is 0 Å². The Morgan fingerprint density at radius 2 is 1.70 bits per heavy atom. The molecule has 2 N–H and O–H groups in total. The zero-order valence-corrected chi connectivity index (χ0v) is 13.1. The van der Waals surface area contributed by atoms with Crippen LogP contribution < -0.4 is 5.73 Å². The lowest BCUT2D eigenvalue weighted by molar-refractivity contribution is 0.579. The predicted molar refractivity (Wildman–Crippen MR) is 83.0 cm³/mol. The number of aryl methyl sites for hydroxylation is 1. The Bertz CT molecular complexity index is 666. The predicted octanol–water partition coefficient (Wildman–Crippen LogP) is 4.97. The molecule has 1 atom stereocenters.